The summed E-state index contributed by atoms with van der Waals surface area (Å²) in [5.74, 6) is -0.361. The summed E-state index contributed by atoms with van der Waals surface area (Å²) in [5, 5.41) is 2.91. The highest BCUT2D eigenvalue weighted by Crippen LogP contribution is 2.34. The lowest BCUT2D eigenvalue weighted by atomic mass is 9.95. The van der Waals surface area contributed by atoms with Gasteiger partial charge >= 0.3 is 0 Å². The van der Waals surface area contributed by atoms with Crippen molar-refractivity contribution in [2.75, 3.05) is 23.4 Å². The van der Waals surface area contributed by atoms with E-state index < -0.39 is 0 Å². The molecule has 0 aliphatic carbocycles. The van der Waals surface area contributed by atoms with Crippen LogP contribution in [0.4, 0.5) is 11.4 Å². The molecule has 134 valence electrons. The highest BCUT2D eigenvalue weighted by Gasteiger charge is 2.31. The number of carbonyl (C=O) groups excluding carboxylic acids is 2. The standard InChI is InChI=1S/C21H22N2O3/c1-14-13-23(18-9-5-4-8-17(18)22-21(14)25)20(24)12-19-16-7-3-2-6-15(16)10-11-26-19/h2-9,14,19H,10-13H2,1H3,(H,22,25). The zero-order valence-corrected chi connectivity index (χ0v) is 14.8. The van der Waals surface area contributed by atoms with E-state index in [1.165, 1.54) is 5.56 Å². The number of benzene rings is 2. The summed E-state index contributed by atoms with van der Waals surface area (Å²) in [7, 11) is 0. The Morgan fingerprint density at radius 3 is 2.85 bits per heavy atom. The summed E-state index contributed by atoms with van der Waals surface area (Å²) in [6.07, 6.45) is 0.914. The van der Waals surface area contributed by atoms with Crippen molar-refractivity contribution in [1.29, 1.82) is 0 Å². The molecule has 5 nitrogen and oxygen atoms in total. The fourth-order valence-electron chi connectivity index (χ4n) is 3.68. The van der Waals surface area contributed by atoms with Crippen LogP contribution in [-0.2, 0) is 20.7 Å². The van der Waals surface area contributed by atoms with Crippen molar-refractivity contribution in [2.45, 2.75) is 25.9 Å². The van der Waals surface area contributed by atoms with Crippen LogP contribution in [0, 0.1) is 5.92 Å². The number of ether oxygens (including phenoxy) is 1. The van der Waals surface area contributed by atoms with Crippen LogP contribution in [0.2, 0.25) is 0 Å². The van der Waals surface area contributed by atoms with Gasteiger partial charge in [-0.15, -0.1) is 0 Å². The zero-order valence-electron chi connectivity index (χ0n) is 14.8. The van der Waals surface area contributed by atoms with E-state index >= 15 is 0 Å². The summed E-state index contributed by atoms with van der Waals surface area (Å²) in [5.41, 5.74) is 3.77. The summed E-state index contributed by atoms with van der Waals surface area (Å²) < 4.78 is 5.90. The van der Waals surface area contributed by atoms with Crippen LogP contribution in [0.25, 0.3) is 0 Å². The number of rotatable bonds is 2. The third-order valence-corrected chi connectivity index (χ3v) is 5.11. The monoisotopic (exact) mass is 350 g/mol. The second-order valence-electron chi connectivity index (χ2n) is 6.92. The lowest BCUT2D eigenvalue weighted by Gasteiger charge is -2.29. The van der Waals surface area contributed by atoms with Crippen LogP contribution in [0.1, 0.15) is 30.6 Å². The molecule has 2 unspecified atom stereocenters. The summed E-state index contributed by atoms with van der Waals surface area (Å²) in [6.45, 7) is 2.84. The number of hydrogen-bond acceptors (Lipinski definition) is 3. The van der Waals surface area contributed by atoms with Crippen molar-refractivity contribution < 1.29 is 14.3 Å². The maximum atomic E-state index is 13.2. The fourth-order valence-corrected chi connectivity index (χ4v) is 3.68. The Kier molecular flexibility index (Phi) is 4.47. The topological polar surface area (TPSA) is 58.6 Å². The van der Waals surface area contributed by atoms with Crippen LogP contribution in [-0.4, -0.2) is 25.0 Å². The first-order chi connectivity index (χ1) is 12.6. The van der Waals surface area contributed by atoms with Gasteiger partial charge in [0.2, 0.25) is 11.8 Å². The molecule has 4 rings (SSSR count). The molecule has 0 radical (unpaired) electrons. The average Bonchev–Trinajstić information content (AvgIpc) is 2.79. The van der Waals surface area contributed by atoms with E-state index in [1.54, 1.807) is 4.90 Å². The molecule has 26 heavy (non-hydrogen) atoms. The van der Waals surface area contributed by atoms with E-state index in [1.807, 2.05) is 49.4 Å². The number of hydrogen-bond donors (Lipinski definition) is 1. The highest BCUT2D eigenvalue weighted by atomic mass is 16.5. The SMILES string of the molecule is CC1CN(C(=O)CC2OCCc3ccccc32)c2ccccc2NC1=O. The van der Waals surface area contributed by atoms with E-state index in [0.29, 0.717) is 18.8 Å². The molecule has 0 spiro atoms. The van der Waals surface area contributed by atoms with Crippen molar-refractivity contribution in [2.24, 2.45) is 5.92 Å². The van der Waals surface area contributed by atoms with Gasteiger partial charge in [0.1, 0.15) is 0 Å². The fraction of sp³-hybridized carbons (Fsp3) is 0.333. The van der Waals surface area contributed by atoms with Crippen LogP contribution in [0.15, 0.2) is 48.5 Å². The summed E-state index contributed by atoms with van der Waals surface area (Å²) in [4.78, 5) is 27.1. The van der Waals surface area contributed by atoms with Crippen LogP contribution in [0.5, 0.6) is 0 Å². The molecule has 2 aromatic carbocycles. The number of anilines is 2. The third-order valence-electron chi connectivity index (χ3n) is 5.11. The lowest BCUT2D eigenvalue weighted by molar-refractivity contribution is -0.122. The van der Waals surface area contributed by atoms with Crippen LogP contribution < -0.4 is 10.2 Å². The Morgan fingerprint density at radius 2 is 1.96 bits per heavy atom. The van der Waals surface area contributed by atoms with Crippen molar-refractivity contribution in [1.82, 2.24) is 0 Å². The Bertz CT molecular complexity index is 849. The van der Waals surface area contributed by atoms with Gasteiger partial charge in [0.05, 0.1) is 36.4 Å². The van der Waals surface area contributed by atoms with Gasteiger partial charge in [0, 0.05) is 6.54 Å². The predicted molar refractivity (Wildman–Crippen MR) is 100 cm³/mol. The largest absolute Gasteiger partial charge is 0.373 e. The molecular formula is C21H22N2O3. The minimum absolute atomic E-state index is 0.0255. The molecule has 2 aliphatic rings. The predicted octanol–water partition coefficient (Wildman–Crippen LogP) is 3.31. The highest BCUT2D eigenvalue weighted by molar-refractivity contribution is 6.04. The summed E-state index contributed by atoms with van der Waals surface area (Å²) >= 11 is 0. The first-order valence-electron chi connectivity index (χ1n) is 9.03. The first-order valence-corrected chi connectivity index (χ1v) is 9.03. The summed E-state index contributed by atoms with van der Waals surface area (Å²) in [6, 6.07) is 15.6. The maximum absolute atomic E-state index is 13.2. The quantitative estimate of drug-likeness (QED) is 0.904. The molecule has 2 heterocycles. The van der Waals surface area contributed by atoms with Gasteiger partial charge < -0.3 is 15.0 Å². The molecule has 1 N–H and O–H groups in total. The van der Waals surface area contributed by atoms with Crippen molar-refractivity contribution in [3.8, 4) is 0 Å². The number of nitrogens with one attached hydrogen (secondary N) is 1. The number of carbonyl (C=O) groups is 2. The molecule has 0 saturated carbocycles. The van der Waals surface area contributed by atoms with E-state index in [0.717, 1.165) is 17.7 Å². The Labute approximate surface area is 153 Å². The van der Waals surface area contributed by atoms with Crippen molar-refractivity contribution in [3.05, 3.63) is 59.7 Å². The van der Waals surface area contributed by atoms with Gasteiger partial charge in [-0.2, -0.15) is 0 Å². The van der Waals surface area contributed by atoms with Gasteiger partial charge in [0.15, 0.2) is 0 Å². The third kappa shape index (κ3) is 3.10. The molecule has 2 aromatic rings. The Hall–Kier alpha value is -2.66. The molecular weight excluding hydrogens is 328 g/mol. The number of fused-ring (bicyclic) bond motifs is 2. The molecule has 0 aromatic heterocycles. The van der Waals surface area contributed by atoms with E-state index in [9.17, 15) is 9.59 Å². The second-order valence-corrected chi connectivity index (χ2v) is 6.92. The Morgan fingerprint density at radius 1 is 1.19 bits per heavy atom. The maximum Gasteiger partial charge on any atom is 0.230 e. The van der Waals surface area contributed by atoms with Gasteiger partial charge in [-0.1, -0.05) is 43.3 Å². The second kappa shape index (κ2) is 6.92. The lowest BCUT2D eigenvalue weighted by Crippen LogP contribution is -2.37. The zero-order chi connectivity index (χ0) is 18.1. The Balaban J connectivity index is 1.61. The number of amides is 2. The smallest absolute Gasteiger partial charge is 0.230 e. The van der Waals surface area contributed by atoms with E-state index in [2.05, 4.69) is 11.4 Å². The van der Waals surface area contributed by atoms with Crippen molar-refractivity contribution >= 4 is 23.2 Å². The van der Waals surface area contributed by atoms with E-state index in [4.69, 9.17) is 4.74 Å². The minimum atomic E-state index is -0.272. The molecule has 2 amide bonds. The first kappa shape index (κ1) is 16.8. The van der Waals surface area contributed by atoms with Gasteiger partial charge in [-0.3, -0.25) is 9.59 Å². The van der Waals surface area contributed by atoms with E-state index in [-0.39, 0.29) is 30.3 Å². The number of para-hydroxylation sites is 2. The van der Waals surface area contributed by atoms with Crippen LogP contribution >= 0.6 is 0 Å². The number of nitrogens with zero attached hydrogens (tertiary/aromatic N) is 1. The van der Waals surface area contributed by atoms with Gasteiger partial charge in [-0.05, 0) is 29.7 Å². The van der Waals surface area contributed by atoms with Crippen LogP contribution in [0.3, 0.4) is 0 Å². The van der Waals surface area contributed by atoms with Gasteiger partial charge in [0.25, 0.3) is 0 Å². The molecule has 2 atom stereocenters. The average molecular weight is 350 g/mol. The van der Waals surface area contributed by atoms with Gasteiger partial charge in [-0.25, -0.2) is 0 Å². The molecule has 5 heteroatoms. The van der Waals surface area contributed by atoms with Crippen molar-refractivity contribution in [3.63, 3.8) is 0 Å². The normalized spacial score (nSPS) is 22.0. The molecule has 0 bridgehead atoms. The molecule has 2 aliphatic heterocycles. The minimum Gasteiger partial charge on any atom is -0.373 e. The molecule has 0 saturated heterocycles. The molecule has 0 fully saturated rings.